The smallest absolute Gasteiger partial charge is 0.193 e. The summed E-state index contributed by atoms with van der Waals surface area (Å²) in [5.41, 5.74) is 2.59. The van der Waals surface area contributed by atoms with Crippen molar-refractivity contribution in [3.05, 3.63) is 35.4 Å². The van der Waals surface area contributed by atoms with Crippen molar-refractivity contribution in [2.24, 2.45) is 4.99 Å². The largest absolute Gasteiger partial charge is 0.385 e. The highest BCUT2D eigenvalue weighted by molar-refractivity contribution is 5.79. The van der Waals surface area contributed by atoms with Crippen LogP contribution in [0.4, 0.5) is 0 Å². The third kappa shape index (κ3) is 7.14. The quantitative estimate of drug-likeness (QED) is 0.454. The highest BCUT2D eigenvalue weighted by atomic mass is 16.5. The fourth-order valence-electron chi connectivity index (χ4n) is 2.18. The fourth-order valence-corrected chi connectivity index (χ4v) is 2.18. The van der Waals surface area contributed by atoms with Crippen LogP contribution >= 0.6 is 0 Å². The molecule has 0 radical (unpaired) electrons. The third-order valence-corrected chi connectivity index (χ3v) is 3.42. The number of hydrogen-bond donors (Lipinski definition) is 1. The molecule has 4 heteroatoms. The summed E-state index contributed by atoms with van der Waals surface area (Å²) in [5.74, 6) is 0.947. The number of aryl methyl sites for hydroxylation is 1. The average Bonchev–Trinajstić information content (AvgIpc) is 2.49. The lowest BCUT2D eigenvalue weighted by atomic mass is 10.1. The summed E-state index contributed by atoms with van der Waals surface area (Å²) in [5, 5.41) is 3.41. The van der Waals surface area contributed by atoms with Gasteiger partial charge >= 0.3 is 0 Å². The molecule has 0 amide bonds. The third-order valence-electron chi connectivity index (χ3n) is 3.42. The van der Waals surface area contributed by atoms with Crippen molar-refractivity contribution in [1.82, 2.24) is 10.2 Å². The molecule has 0 saturated heterocycles. The Hall–Kier alpha value is -1.55. The van der Waals surface area contributed by atoms with Gasteiger partial charge in [-0.1, -0.05) is 29.8 Å². The van der Waals surface area contributed by atoms with Gasteiger partial charge in [0.25, 0.3) is 0 Å². The van der Waals surface area contributed by atoms with E-state index in [0.717, 1.165) is 38.5 Å². The molecule has 0 aliphatic rings. The van der Waals surface area contributed by atoms with Gasteiger partial charge in [-0.25, -0.2) is 0 Å². The SMILES string of the molecule is CN=C(NCCCCCOC)N(C)Cc1ccc(C)cc1. The van der Waals surface area contributed by atoms with Crippen LogP contribution in [-0.4, -0.2) is 45.2 Å². The van der Waals surface area contributed by atoms with Crippen LogP contribution < -0.4 is 5.32 Å². The standard InChI is InChI=1S/C17H29N3O/c1-15-8-10-16(11-9-15)14-20(3)17(18-2)19-12-6-5-7-13-21-4/h8-11H,5-7,12-14H2,1-4H3,(H,18,19). The molecule has 4 nitrogen and oxygen atoms in total. The molecule has 1 aromatic rings. The van der Waals surface area contributed by atoms with Gasteiger partial charge in [-0.2, -0.15) is 0 Å². The predicted molar refractivity (Wildman–Crippen MR) is 89.7 cm³/mol. The molecule has 118 valence electrons. The molecule has 0 heterocycles. The molecule has 0 unspecified atom stereocenters. The van der Waals surface area contributed by atoms with E-state index in [-0.39, 0.29) is 0 Å². The van der Waals surface area contributed by atoms with Crippen molar-refractivity contribution >= 4 is 5.96 Å². The van der Waals surface area contributed by atoms with Crippen molar-refractivity contribution in [1.29, 1.82) is 0 Å². The zero-order chi connectivity index (χ0) is 15.5. The summed E-state index contributed by atoms with van der Waals surface area (Å²) in [4.78, 5) is 6.50. The van der Waals surface area contributed by atoms with E-state index < -0.39 is 0 Å². The number of aliphatic imine (C=N–C) groups is 1. The maximum absolute atomic E-state index is 5.05. The van der Waals surface area contributed by atoms with E-state index in [4.69, 9.17) is 4.74 Å². The average molecular weight is 291 g/mol. The maximum atomic E-state index is 5.05. The van der Waals surface area contributed by atoms with Crippen LogP contribution in [0.5, 0.6) is 0 Å². The number of nitrogens with zero attached hydrogens (tertiary/aromatic N) is 2. The number of benzene rings is 1. The second-order valence-corrected chi connectivity index (χ2v) is 5.37. The Bertz CT molecular complexity index is 415. The predicted octanol–water partition coefficient (Wildman–Crippen LogP) is 2.82. The van der Waals surface area contributed by atoms with E-state index in [1.165, 1.54) is 17.5 Å². The van der Waals surface area contributed by atoms with E-state index in [1.807, 2.05) is 7.05 Å². The first kappa shape index (κ1) is 17.5. The monoisotopic (exact) mass is 291 g/mol. The molecule has 0 fully saturated rings. The molecule has 0 aliphatic heterocycles. The lowest BCUT2D eigenvalue weighted by Gasteiger charge is -2.22. The zero-order valence-electron chi connectivity index (χ0n) is 13.9. The van der Waals surface area contributed by atoms with E-state index in [9.17, 15) is 0 Å². The number of guanidine groups is 1. The zero-order valence-corrected chi connectivity index (χ0v) is 13.9. The van der Waals surface area contributed by atoms with E-state index >= 15 is 0 Å². The fraction of sp³-hybridized carbons (Fsp3) is 0.588. The van der Waals surface area contributed by atoms with Crippen molar-refractivity contribution < 1.29 is 4.74 Å². The Morgan fingerprint density at radius 3 is 2.52 bits per heavy atom. The van der Waals surface area contributed by atoms with Crippen LogP contribution in [0.25, 0.3) is 0 Å². The summed E-state index contributed by atoms with van der Waals surface area (Å²) < 4.78 is 5.05. The van der Waals surface area contributed by atoms with Crippen LogP contribution in [0.15, 0.2) is 29.3 Å². The first-order chi connectivity index (χ1) is 10.2. The van der Waals surface area contributed by atoms with Crippen LogP contribution in [-0.2, 0) is 11.3 Å². The number of ether oxygens (including phenoxy) is 1. The van der Waals surface area contributed by atoms with Gasteiger partial charge in [0, 0.05) is 40.9 Å². The van der Waals surface area contributed by atoms with E-state index in [1.54, 1.807) is 7.11 Å². The normalized spacial score (nSPS) is 11.5. The van der Waals surface area contributed by atoms with Crippen LogP contribution in [0.3, 0.4) is 0 Å². The van der Waals surface area contributed by atoms with Crippen molar-refractivity contribution in [3.63, 3.8) is 0 Å². The van der Waals surface area contributed by atoms with E-state index in [0.29, 0.717) is 0 Å². The topological polar surface area (TPSA) is 36.9 Å². The Labute approximate surface area is 129 Å². The lowest BCUT2D eigenvalue weighted by Crippen LogP contribution is -2.38. The summed E-state index contributed by atoms with van der Waals surface area (Å²) in [6, 6.07) is 8.64. The van der Waals surface area contributed by atoms with Gasteiger partial charge in [0.1, 0.15) is 0 Å². The molecule has 0 atom stereocenters. The Kier molecular flexibility index (Phi) is 8.51. The molecule has 0 aromatic heterocycles. The number of nitrogens with one attached hydrogen (secondary N) is 1. The highest BCUT2D eigenvalue weighted by Gasteiger charge is 2.05. The summed E-state index contributed by atoms with van der Waals surface area (Å²) >= 11 is 0. The Balaban J connectivity index is 2.32. The maximum Gasteiger partial charge on any atom is 0.193 e. The highest BCUT2D eigenvalue weighted by Crippen LogP contribution is 2.06. The van der Waals surface area contributed by atoms with Crippen molar-refractivity contribution in [2.75, 3.05) is 34.4 Å². The molecule has 1 rings (SSSR count). The van der Waals surface area contributed by atoms with Crippen LogP contribution in [0, 0.1) is 6.92 Å². The van der Waals surface area contributed by atoms with Crippen molar-refractivity contribution in [2.45, 2.75) is 32.7 Å². The van der Waals surface area contributed by atoms with Gasteiger partial charge < -0.3 is 15.0 Å². The molecule has 0 bridgehead atoms. The lowest BCUT2D eigenvalue weighted by molar-refractivity contribution is 0.192. The minimum absolute atomic E-state index is 0.849. The van der Waals surface area contributed by atoms with Gasteiger partial charge in [-0.15, -0.1) is 0 Å². The second-order valence-electron chi connectivity index (χ2n) is 5.37. The number of unbranched alkanes of at least 4 members (excludes halogenated alkanes) is 2. The van der Waals surface area contributed by atoms with Crippen LogP contribution in [0.2, 0.25) is 0 Å². The Morgan fingerprint density at radius 2 is 1.90 bits per heavy atom. The summed E-state index contributed by atoms with van der Waals surface area (Å²) in [6.45, 7) is 4.78. The van der Waals surface area contributed by atoms with Gasteiger partial charge in [0.15, 0.2) is 5.96 Å². The molecule has 0 aliphatic carbocycles. The molecular formula is C17H29N3O. The molecule has 21 heavy (non-hydrogen) atoms. The number of rotatable bonds is 8. The van der Waals surface area contributed by atoms with Gasteiger partial charge in [0.2, 0.25) is 0 Å². The second kappa shape index (κ2) is 10.2. The van der Waals surface area contributed by atoms with Crippen LogP contribution in [0.1, 0.15) is 30.4 Å². The van der Waals surface area contributed by atoms with Crippen molar-refractivity contribution in [3.8, 4) is 0 Å². The Morgan fingerprint density at radius 1 is 1.19 bits per heavy atom. The van der Waals surface area contributed by atoms with Gasteiger partial charge in [-0.05, 0) is 31.7 Å². The molecule has 1 N–H and O–H groups in total. The minimum Gasteiger partial charge on any atom is -0.385 e. The molecular weight excluding hydrogens is 262 g/mol. The van der Waals surface area contributed by atoms with Gasteiger partial charge in [0.05, 0.1) is 0 Å². The molecule has 1 aromatic carbocycles. The number of hydrogen-bond acceptors (Lipinski definition) is 2. The summed E-state index contributed by atoms with van der Waals surface area (Å²) in [6.07, 6.45) is 3.44. The van der Waals surface area contributed by atoms with E-state index in [2.05, 4.69) is 53.4 Å². The summed E-state index contributed by atoms with van der Waals surface area (Å²) in [7, 11) is 5.65. The molecule has 0 saturated carbocycles. The minimum atomic E-state index is 0.849. The number of methoxy groups -OCH3 is 1. The molecule has 0 spiro atoms. The van der Waals surface area contributed by atoms with Gasteiger partial charge in [-0.3, -0.25) is 4.99 Å². The first-order valence-electron chi connectivity index (χ1n) is 7.63. The first-order valence-corrected chi connectivity index (χ1v) is 7.63.